The lowest BCUT2D eigenvalue weighted by Gasteiger charge is -2.35. The van der Waals surface area contributed by atoms with Gasteiger partial charge in [0.1, 0.15) is 24.8 Å². The lowest BCUT2D eigenvalue weighted by atomic mass is 9.88. The van der Waals surface area contributed by atoms with Crippen LogP contribution in [0.3, 0.4) is 0 Å². The van der Waals surface area contributed by atoms with Gasteiger partial charge in [-0.15, -0.1) is 0 Å². The van der Waals surface area contributed by atoms with E-state index in [4.69, 9.17) is 39.5 Å². The molecular weight excluding hydrogens is 421 g/mol. The van der Waals surface area contributed by atoms with Crippen LogP contribution in [0, 0.1) is 5.41 Å². The molecule has 0 spiro atoms. The van der Waals surface area contributed by atoms with Crippen LogP contribution < -0.4 is 10.7 Å². The minimum atomic E-state index is -1.72. The number of carbonyl (C=O) groups is 3. The molecule has 0 radical (unpaired) electrons. The molecule has 3 N–H and O–H groups in total. The second-order valence-electron chi connectivity index (χ2n) is 7.54. The number of alkyl halides is 3. The molecular formula is C16H26Cl3N3O5. The average molecular weight is 447 g/mol. The Morgan fingerprint density at radius 1 is 1.30 bits per heavy atom. The molecule has 1 fully saturated rings. The molecule has 1 aliphatic rings. The predicted molar refractivity (Wildman–Crippen MR) is 102 cm³/mol. The van der Waals surface area contributed by atoms with Crippen molar-refractivity contribution >= 4 is 52.6 Å². The molecule has 1 rings (SSSR count). The molecule has 2 amide bonds. The maximum Gasteiger partial charge on any atom is 0.325 e. The number of aliphatic hydroxyl groups is 1. The van der Waals surface area contributed by atoms with Crippen molar-refractivity contribution in [3.05, 3.63) is 0 Å². The highest BCUT2D eigenvalue weighted by Crippen LogP contribution is 2.26. The van der Waals surface area contributed by atoms with Gasteiger partial charge in [-0.3, -0.25) is 19.4 Å². The molecule has 0 aliphatic carbocycles. The maximum absolute atomic E-state index is 12.5. The van der Waals surface area contributed by atoms with Gasteiger partial charge in [0.05, 0.1) is 0 Å². The van der Waals surface area contributed by atoms with Crippen LogP contribution in [0.1, 0.15) is 40.5 Å². The molecule has 0 aromatic carbocycles. The summed E-state index contributed by atoms with van der Waals surface area (Å²) in [6.45, 7) is 6.59. The quantitative estimate of drug-likeness (QED) is 0.434. The topological polar surface area (TPSA) is 108 Å². The van der Waals surface area contributed by atoms with Gasteiger partial charge in [0.25, 0.3) is 5.91 Å². The third kappa shape index (κ3) is 7.99. The Kier molecular flexibility index (Phi) is 8.62. The second-order valence-corrected chi connectivity index (χ2v) is 10.1. The van der Waals surface area contributed by atoms with Crippen molar-refractivity contribution in [1.82, 2.24) is 15.8 Å². The molecule has 27 heavy (non-hydrogen) atoms. The minimum absolute atomic E-state index is 0.356. The Hall–Kier alpha value is -0.800. The Bertz CT molecular complexity index is 562. The van der Waals surface area contributed by atoms with Crippen LogP contribution in [-0.4, -0.2) is 63.0 Å². The third-order valence-electron chi connectivity index (χ3n) is 3.91. The minimum Gasteiger partial charge on any atom is -0.460 e. The number of hydrazine groups is 1. The fourth-order valence-corrected chi connectivity index (χ4v) is 2.51. The van der Waals surface area contributed by atoms with E-state index in [-0.39, 0.29) is 0 Å². The monoisotopic (exact) mass is 445 g/mol. The van der Waals surface area contributed by atoms with Gasteiger partial charge < -0.3 is 15.2 Å². The lowest BCUT2D eigenvalue weighted by molar-refractivity contribution is -0.153. The molecule has 1 heterocycles. The van der Waals surface area contributed by atoms with Crippen LogP contribution in [0.2, 0.25) is 0 Å². The molecule has 0 aromatic rings. The van der Waals surface area contributed by atoms with E-state index in [0.717, 1.165) is 0 Å². The first kappa shape index (κ1) is 24.2. The van der Waals surface area contributed by atoms with Crippen LogP contribution in [0.5, 0.6) is 0 Å². The summed E-state index contributed by atoms with van der Waals surface area (Å²) in [4.78, 5) is 36.7. The summed E-state index contributed by atoms with van der Waals surface area (Å²) in [6, 6.07) is -1.66. The number of amides is 2. The van der Waals surface area contributed by atoms with E-state index in [1.54, 1.807) is 20.8 Å². The molecule has 0 aromatic heterocycles. The number of esters is 1. The smallest absolute Gasteiger partial charge is 0.325 e. The zero-order valence-electron chi connectivity index (χ0n) is 15.7. The van der Waals surface area contributed by atoms with Gasteiger partial charge in [-0.2, -0.15) is 0 Å². The fraction of sp³-hybridized carbons (Fsp3) is 0.812. The van der Waals surface area contributed by atoms with Gasteiger partial charge >= 0.3 is 5.97 Å². The molecule has 1 aliphatic heterocycles. The Labute approximate surface area is 173 Å². The number of hydrogen-bond acceptors (Lipinski definition) is 6. The average Bonchev–Trinajstić information content (AvgIpc) is 2.56. The zero-order chi connectivity index (χ0) is 21.0. The van der Waals surface area contributed by atoms with E-state index in [2.05, 4.69) is 10.7 Å². The first-order chi connectivity index (χ1) is 12.2. The third-order valence-corrected chi connectivity index (χ3v) is 4.24. The molecule has 0 unspecified atom stereocenters. The molecule has 0 saturated carbocycles. The normalized spacial score (nSPS) is 20.6. The van der Waals surface area contributed by atoms with Crippen molar-refractivity contribution in [3.8, 4) is 0 Å². The summed E-state index contributed by atoms with van der Waals surface area (Å²) in [6.07, 6.45) is -0.254. The van der Waals surface area contributed by atoms with Crippen LogP contribution in [0.25, 0.3) is 0 Å². The van der Waals surface area contributed by atoms with E-state index in [1.807, 2.05) is 0 Å². The lowest BCUT2D eigenvalue weighted by Crippen LogP contribution is -2.60. The number of nitrogens with zero attached hydrogens (tertiary/aromatic N) is 1. The first-order valence-electron chi connectivity index (χ1n) is 8.51. The molecule has 0 bridgehead atoms. The Morgan fingerprint density at radius 3 is 2.41 bits per heavy atom. The molecule has 156 valence electrons. The number of ether oxygens (including phenoxy) is 1. The van der Waals surface area contributed by atoms with Crippen LogP contribution in [-0.2, 0) is 19.1 Å². The zero-order valence-corrected chi connectivity index (χ0v) is 18.0. The summed E-state index contributed by atoms with van der Waals surface area (Å²) in [5.74, 6) is -1.72. The van der Waals surface area contributed by atoms with Gasteiger partial charge in [0.2, 0.25) is 9.70 Å². The van der Waals surface area contributed by atoms with Crippen molar-refractivity contribution < 1.29 is 24.2 Å². The molecule has 1 saturated heterocycles. The van der Waals surface area contributed by atoms with Crippen LogP contribution >= 0.6 is 34.8 Å². The maximum atomic E-state index is 12.5. The first-order valence-corrected chi connectivity index (χ1v) is 9.65. The summed E-state index contributed by atoms with van der Waals surface area (Å²) in [5, 5.41) is 13.7. The van der Waals surface area contributed by atoms with E-state index in [0.29, 0.717) is 19.4 Å². The van der Waals surface area contributed by atoms with Gasteiger partial charge in [-0.05, 0) is 25.2 Å². The van der Waals surface area contributed by atoms with Gasteiger partial charge in [-0.1, -0.05) is 55.6 Å². The highest BCUT2D eigenvalue weighted by molar-refractivity contribution is 6.67. The van der Waals surface area contributed by atoms with Gasteiger partial charge in [0, 0.05) is 6.54 Å². The van der Waals surface area contributed by atoms with Gasteiger partial charge in [0.15, 0.2) is 0 Å². The van der Waals surface area contributed by atoms with E-state index < -0.39 is 51.8 Å². The predicted octanol–water partition coefficient (Wildman–Crippen LogP) is 1.31. The number of carbonyl (C=O) groups excluding carboxylic acids is 3. The van der Waals surface area contributed by atoms with Crippen molar-refractivity contribution in [3.63, 3.8) is 0 Å². The summed E-state index contributed by atoms with van der Waals surface area (Å²) in [5.41, 5.74) is 2.11. The largest absolute Gasteiger partial charge is 0.460 e. The summed E-state index contributed by atoms with van der Waals surface area (Å²) in [7, 11) is 0. The van der Waals surface area contributed by atoms with Crippen molar-refractivity contribution in [2.24, 2.45) is 5.41 Å². The second kappa shape index (κ2) is 9.60. The SMILES string of the molecule is C[C@H](NC(=O)[C@@H](O)C(C)(C)C)C(=O)N1CCC[C@@H](C(=O)OCC(Cl)(Cl)Cl)N1. The van der Waals surface area contributed by atoms with E-state index in [1.165, 1.54) is 11.9 Å². The van der Waals surface area contributed by atoms with E-state index >= 15 is 0 Å². The highest BCUT2D eigenvalue weighted by Gasteiger charge is 2.35. The standard InChI is InChI=1S/C16H26Cl3N3O5/c1-9(20-12(24)11(23)15(2,3)4)13(25)22-7-5-6-10(21-22)14(26)27-8-16(17,18)19/h9-11,21,23H,5-8H2,1-4H3,(H,20,24)/t9-,10-,11+/m0/s1. The highest BCUT2D eigenvalue weighted by atomic mass is 35.6. The summed E-state index contributed by atoms with van der Waals surface area (Å²) < 4.78 is 3.21. The van der Waals surface area contributed by atoms with Crippen molar-refractivity contribution in [2.75, 3.05) is 13.2 Å². The van der Waals surface area contributed by atoms with Crippen molar-refractivity contribution in [1.29, 1.82) is 0 Å². The van der Waals surface area contributed by atoms with Crippen LogP contribution in [0.4, 0.5) is 0 Å². The van der Waals surface area contributed by atoms with Crippen LogP contribution in [0.15, 0.2) is 0 Å². The number of halogens is 3. The van der Waals surface area contributed by atoms with E-state index in [9.17, 15) is 19.5 Å². The Balaban J connectivity index is 2.61. The van der Waals surface area contributed by atoms with Crippen molar-refractivity contribution in [2.45, 2.75) is 62.5 Å². The molecule has 8 nitrogen and oxygen atoms in total. The number of hydrogen-bond donors (Lipinski definition) is 3. The number of aliphatic hydroxyl groups excluding tert-OH is 1. The number of nitrogens with one attached hydrogen (secondary N) is 2. The van der Waals surface area contributed by atoms with Gasteiger partial charge in [-0.25, -0.2) is 5.43 Å². The Morgan fingerprint density at radius 2 is 1.89 bits per heavy atom. The molecule has 11 heteroatoms. The molecule has 3 atom stereocenters. The fourth-order valence-electron chi connectivity index (χ4n) is 2.35. The number of rotatable bonds is 5. The summed E-state index contributed by atoms with van der Waals surface area (Å²) >= 11 is 16.7.